The molecule has 88 valence electrons. The third-order valence-electron chi connectivity index (χ3n) is 3.63. The van der Waals surface area contributed by atoms with Gasteiger partial charge in [-0.25, -0.2) is 0 Å². The second-order valence-corrected chi connectivity index (χ2v) is 4.75. The minimum Gasteiger partial charge on any atom is -0.310 e. The van der Waals surface area contributed by atoms with Gasteiger partial charge in [-0.15, -0.1) is 0 Å². The Hall–Kier alpha value is -0.820. The summed E-state index contributed by atoms with van der Waals surface area (Å²) < 4.78 is 0. The molecule has 1 aliphatic rings. The van der Waals surface area contributed by atoms with Crippen molar-refractivity contribution >= 4 is 0 Å². The van der Waals surface area contributed by atoms with Crippen LogP contribution in [0.3, 0.4) is 0 Å². The minimum atomic E-state index is 0.539. The molecule has 0 radical (unpaired) electrons. The maximum absolute atomic E-state index is 3.56. The molecule has 0 saturated carbocycles. The summed E-state index contributed by atoms with van der Waals surface area (Å²) in [4.78, 5) is 0. The van der Waals surface area contributed by atoms with E-state index in [1.807, 2.05) is 0 Å². The summed E-state index contributed by atoms with van der Waals surface area (Å²) in [5.74, 6) is 0. The monoisotopic (exact) mass is 217 g/mol. The average Bonchev–Trinajstić information content (AvgIpc) is 2.35. The van der Waals surface area contributed by atoms with Crippen LogP contribution < -0.4 is 5.32 Å². The Morgan fingerprint density at radius 1 is 1.12 bits per heavy atom. The quantitative estimate of drug-likeness (QED) is 0.812. The Labute approximate surface area is 99.3 Å². The fourth-order valence-electron chi connectivity index (χ4n) is 2.71. The van der Waals surface area contributed by atoms with Crippen molar-refractivity contribution in [2.45, 2.75) is 52.0 Å². The Kier molecular flexibility index (Phi) is 4.00. The van der Waals surface area contributed by atoms with Crippen LogP contribution in [-0.4, -0.2) is 6.54 Å². The van der Waals surface area contributed by atoms with Gasteiger partial charge in [0.2, 0.25) is 0 Å². The molecule has 1 N–H and O–H groups in total. The van der Waals surface area contributed by atoms with Gasteiger partial charge < -0.3 is 5.32 Å². The van der Waals surface area contributed by atoms with Crippen LogP contribution in [0.5, 0.6) is 0 Å². The molecule has 0 amide bonds. The van der Waals surface area contributed by atoms with E-state index < -0.39 is 0 Å². The molecule has 1 aromatic carbocycles. The highest BCUT2D eigenvalue weighted by atomic mass is 14.9. The molecule has 1 atom stereocenters. The average molecular weight is 217 g/mol. The minimum absolute atomic E-state index is 0.539. The van der Waals surface area contributed by atoms with Gasteiger partial charge in [-0.3, -0.25) is 0 Å². The molecule has 0 heterocycles. The van der Waals surface area contributed by atoms with E-state index in [0.717, 1.165) is 6.54 Å². The van der Waals surface area contributed by atoms with Gasteiger partial charge >= 0.3 is 0 Å². The summed E-state index contributed by atoms with van der Waals surface area (Å²) in [7, 11) is 0. The topological polar surface area (TPSA) is 12.0 Å². The van der Waals surface area contributed by atoms with E-state index in [1.165, 1.54) is 37.7 Å². The van der Waals surface area contributed by atoms with Crippen molar-refractivity contribution in [3.63, 3.8) is 0 Å². The molecular formula is C15H23N. The van der Waals surface area contributed by atoms with Gasteiger partial charge in [-0.05, 0) is 55.3 Å². The van der Waals surface area contributed by atoms with Gasteiger partial charge in [0.05, 0.1) is 0 Å². The lowest BCUT2D eigenvalue weighted by Crippen LogP contribution is -2.20. The Balaban J connectivity index is 2.21. The molecule has 0 fully saturated rings. The zero-order valence-electron chi connectivity index (χ0n) is 10.6. The first-order valence-corrected chi connectivity index (χ1v) is 6.70. The van der Waals surface area contributed by atoms with Gasteiger partial charge in [0.15, 0.2) is 0 Å². The molecule has 0 spiro atoms. The van der Waals surface area contributed by atoms with Crippen LogP contribution in [-0.2, 0) is 12.8 Å². The van der Waals surface area contributed by atoms with E-state index in [2.05, 4.69) is 37.4 Å². The second kappa shape index (κ2) is 5.49. The van der Waals surface area contributed by atoms with Crippen molar-refractivity contribution in [3.05, 3.63) is 34.9 Å². The van der Waals surface area contributed by atoms with Crippen LogP contribution in [0.25, 0.3) is 0 Å². The van der Waals surface area contributed by atoms with Crippen molar-refractivity contribution in [3.8, 4) is 0 Å². The van der Waals surface area contributed by atoms with Gasteiger partial charge in [0, 0.05) is 6.04 Å². The van der Waals surface area contributed by atoms with Crippen LogP contribution in [0.1, 0.15) is 55.8 Å². The number of fused-ring (bicyclic) bond motifs is 1. The third kappa shape index (κ3) is 2.46. The van der Waals surface area contributed by atoms with E-state index in [0.29, 0.717) is 6.04 Å². The second-order valence-electron chi connectivity index (χ2n) is 4.75. The fraction of sp³-hybridized carbons (Fsp3) is 0.600. The molecule has 1 nitrogen and oxygen atoms in total. The maximum Gasteiger partial charge on any atom is 0.0317 e. The SMILES string of the molecule is CCNC(CC)c1ccc2c(c1)CCCC2. The van der Waals surface area contributed by atoms with Gasteiger partial charge in [0.1, 0.15) is 0 Å². The highest BCUT2D eigenvalue weighted by Crippen LogP contribution is 2.25. The summed E-state index contributed by atoms with van der Waals surface area (Å²) in [5, 5.41) is 3.56. The largest absolute Gasteiger partial charge is 0.310 e. The lowest BCUT2D eigenvalue weighted by molar-refractivity contribution is 0.536. The summed E-state index contributed by atoms with van der Waals surface area (Å²) in [6.07, 6.45) is 6.48. The van der Waals surface area contributed by atoms with E-state index in [-0.39, 0.29) is 0 Å². The molecule has 1 unspecified atom stereocenters. The van der Waals surface area contributed by atoms with Crippen LogP contribution in [0.15, 0.2) is 18.2 Å². The first kappa shape index (κ1) is 11.7. The van der Waals surface area contributed by atoms with Crippen LogP contribution >= 0.6 is 0 Å². The maximum atomic E-state index is 3.56. The Morgan fingerprint density at radius 3 is 2.56 bits per heavy atom. The number of nitrogens with one attached hydrogen (secondary N) is 1. The van der Waals surface area contributed by atoms with E-state index >= 15 is 0 Å². The van der Waals surface area contributed by atoms with Crippen LogP contribution in [0.4, 0.5) is 0 Å². The van der Waals surface area contributed by atoms with Crippen molar-refractivity contribution in [1.29, 1.82) is 0 Å². The number of hydrogen-bond acceptors (Lipinski definition) is 1. The first-order chi connectivity index (χ1) is 7.85. The smallest absolute Gasteiger partial charge is 0.0317 e. The zero-order valence-corrected chi connectivity index (χ0v) is 10.6. The van der Waals surface area contributed by atoms with Crippen LogP contribution in [0.2, 0.25) is 0 Å². The van der Waals surface area contributed by atoms with Crippen LogP contribution in [0, 0.1) is 0 Å². The summed E-state index contributed by atoms with van der Waals surface area (Å²) in [5.41, 5.74) is 4.66. The molecular weight excluding hydrogens is 194 g/mol. The van der Waals surface area contributed by atoms with Gasteiger partial charge in [0.25, 0.3) is 0 Å². The van der Waals surface area contributed by atoms with Crippen molar-refractivity contribution in [2.24, 2.45) is 0 Å². The summed E-state index contributed by atoms with van der Waals surface area (Å²) in [6, 6.07) is 7.65. The normalized spacial score (nSPS) is 16.9. The Morgan fingerprint density at radius 2 is 1.88 bits per heavy atom. The molecule has 0 bridgehead atoms. The van der Waals surface area contributed by atoms with Crippen molar-refractivity contribution in [2.75, 3.05) is 6.54 Å². The molecule has 1 aromatic rings. The lowest BCUT2D eigenvalue weighted by atomic mass is 9.89. The molecule has 2 rings (SSSR count). The molecule has 0 aliphatic heterocycles. The van der Waals surface area contributed by atoms with Gasteiger partial charge in [-0.1, -0.05) is 32.0 Å². The predicted octanol–water partition coefficient (Wildman–Crippen LogP) is 3.63. The van der Waals surface area contributed by atoms with Crippen molar-refractivity contribution in [1.82, 2.24) is 5.32 Å². The highest BCUT2D eigenvalue weighted by molar-refractivity contribution is 5.35. The number of benzene rings is 1. The fourth-order valence-corrected chi connectivity index (χ4v) is 2.71. The lowest BCUT2D eigenvalue weighted by Gasteiger charge is -2.21. The molecule has 16 heavy (non-hydrogen) atoms. The summed E-state index contributed by atoms with van der Waals surface area (Å²) >= 11 is 0. The van der Waals surface area contributed by atoms with E-state index in [1.54, 1.807) is 11.1 Å². The Bertz CT molecular complexity index is 343. The van der Waals surface area contributed by atoms with Crippen molar-refractivity contribution < 1.29 is 0 Å². The molecule has 1 aliphatic carbocycles. The number of aryl methyl sites for hydroxylation is 2. The van der Waals surface area contributed by atoms with E-state index in [9.17, 15) is 0 Å². The number of hydrogen-bond donors (Lipinski definition) is 1. The van der Waals surface area contributed by atoms with Gasteiger partial charge in [-0.2, -0.15) is 0 Å². The zero-order chi connectivity index (χ0) is 11.4. The molecule has 0 saturated heterocycles. The first-order valence-electron chi connectivity index (χ1n) is 6.70. The predicted molar refractivity (Wildman–Crippen MR) is 69.8 cm³/mol. The molecule has 1 heteroatoms. The standard InChI is InChI=1S/C15H23N/c1-3-15(16-4-2)14-10-9-12-7-5-6-8-13(12)11-14/h9-11,15-16H,3-8H2,1-2H3. The third-order valence-corrected chi connectivity index (χ3v) is 3.63. The summed E-state index contributed by atoms with van der Waals surface area (Å²) in [6.45, 7) is 5.49. The van der Waals surface area contributed by atoms with E-state index in [4.69, 9.17) is 0 Å². The molecule has 0 aromatic heterocycles. The number of rotatable bonds is 4. The highest BCUT2D eigenvalue weighted by Gasteiger charge is 2.13.